The van der Waals surface area contributed by atoms with Crippen molar-refractivity contribution in [3.63, 3.8) is 0 Å². The van der Waals surface area contributed by atoms with E-state index < -0.39 is 10.0 Å². The van der Waals surface area contributed by atoms with E-state index in [0.717, 1.165) is 5.56 Å². The first-order valence-corrected chi connectivity index (χ1v) is 8.26. The van der Waals surface area contributed by atoms with E-state index in [1.165, 1.54) is 24.3 Å². The Morgan fingerprint density at radius 3 is 2.38 bits per heavy atom. The van der Waals surface area contributed by atoms with E-state index in [4.69, 9.17) is 29.6 Å². The van der Waals surface area contributed by atoms with E-state index in [2.05, 4.69) is 4.72 Å². The van der Waals surface area contributed by atoms with Gasteiger partial charge in [0.1, 0.15) is 4.99 Å². The van der Waals surface area contributed by atoms with Gasteiger partial charge in [-0.2, -0.15) is 0 Å². The molecule has 0 heterocycles. The molecule has 7 heteroatoms. The molecule has 2 rings (SSSR count). The van der Waals surface area contributed by atoms with Crippen LogP contribution in [-0.4, -0.2) is 13.4 Å². The number of thiocarbonyl (C=S) groups is 1. The highest BCUT2D eigenvalue weighted by Crippen LogP contribution is 2.23. The number of rotatable bonds is 4. The minimum atomic E-state index is -3.73. The molecule has 0 atom stereocenters. The van der Waals surface area contributed by atoms with Gasteiger partial charge >= 0.3 is 0 Å². The molecule has 0 aliphatic carbocycles. The molecule has 0 saturated carbocycles. The van der Waals surface area contributed by atoms with E-state index in [-0.39, 0.29) is 9.88 Å². The molecule has 0 fully saturated rings. The van der Waals surface area contributed by atoms with Crippen molar-refractivity contribution in [3.05, 3.63) is 58.6 Å². The van der Waals surface area contributed by atoms with Crippen LogP contribution >= 0.6 is 23.8 Å². The summed E-state index contributed by atoms with van der Waals surface area (Å²) in [4.78, 5) is 0.254. The van der Waals surface area contributed by atoms with Crippen LogP contribution in [-0.2, 0) is 10.0 Å². The Kier molecular flexibility index (Phi) is 4.51. The van der Waals surface area contributed by atoms with E-state index in [9.17, 15) is 8.42 Å². The number of aryl methyl sites for hydroxylation is 1. The summed E-state index contributed by atoms with van der Waals surface area (Å²) in [6.45, 7) is 1.81. The lowest BCUT2D eigenvalue weighted by atomic mass is 10.1. The minimum absolute atomic E-state index is 0.113. The zero-order chi connectivity index (χ0) is 15.6. The van der Waals surface area contributed by atoms with Crippen LogP contribution in [0.1, 0.15) is 11.1 Å². The molecular weight excluding hydrogens is 328 g/mol. The van der Waals surface area contributed by atoms with Crippen LogP contribution in [0, 0.1) is 6.92 Å². The van der Waals surface area contributed by atoms with Crippen LogP contribution in [0.25, 0.3) is 0 Å². The lowest BCUT2D eigenvalue weighted by Crippen LogP contribution is -2.19. The number of benzene rings is 2. The Morgan fingerprint density at radius 2 is 1.81 bits per heavy atom. The van der Waals surface area contributed by atoms with Gasteiger partial charge in [0, 0.05) is 10.6 Å². The van der Waals surface area contributed by atoms with Crippen molar-refractivity contribution in [2.24, 2.45) is 5.73 Å². The van der Waals surface area contributed by atoms with Crippen molar-refractivity contribution in [3.8, 4) is 0 Å². The Hall–Kier alpha value is -1.63. The molecular formula is C14H13ClN2O2S2. The van der Waals surface area contributed by atoms with Gasteiger partial charge in [0.15, 0.2) is 0 Å². The first-order chi connectivity index (χ1) is 9.81. The summed E-state index contributed by atoms with van der Waals surface area (Å²) in [5.74, 6) is 0. The van der Waals surface area contributed by atoms with Gasteiger partial charge < -0.3 is 5.73 Å². The molecule has 0 aliphatic heterocycles. The molecule has 0 radical (unpaired) electrons. The Bertz CT molecular complexity index is 787. The fourth-order valence-electron chi connectivity index (χ4n) is 1.90. The molecule has 0 unspecified atom stereocenters. The van der Waals surface area contributed by atoms with Crippen molar-refractivity contribution in [1.82, 2.24) is 0 Å². The fraction of sp³-hybridized carbons (Fsp3) is 0.0714. The number of sulfonamides is 1. The lowest BCUT2D eigenvalue weighted by molar-refractivity contribution is 0.601. The molecule has 21 heavy (non-hydrogen) atoms. The van der Waals surface area contributed by atoms with E-state index in [1.54, 1.807) is 12.1 Å². The Morgan fingerprint density at radius 1 is 1.19 bits per heavy atom. The smallest absolute Gasteiger partial charge is 0.261 e. The highest BCUT2D eigenvalue weighted by Gasteiger charge is 2.17. The lowest BCUT2D eigenvalue weighted by Gasteiger charge is -2.14. The van der Waals surface area contributed by atoms with Gasteiger partial charge in [0.2, 0.25) is 0 Å². The summed E-state index contributed by atoms with van der Waals surface area (Å²) in [5, 5.41) is 0.466. The molecule has 4 nitrogen and oxygen atoms in total. The molecule has 110 valence electrons. The summed E-state index contributed by atoms with van der Waals surface area (Å²) in [7, 11) is -3.73. The maximum Gasteiger partial charge on any atom is 0.261 e. The maximum absolute atomic E-state index is 12.4. The van der Waals surface area contributed by atoms with Crippen LogP contribution in [0.15, 0.2) is 47.4 Å². The predicted molar refractivity (Wildman–Crippen MR) is 89.3 cm³/mol. The quantitative estimate of drug-likeness (QED) is 0.839. The fourth-order valence-corrected chi connectivity index (χ4v) is 3.37. The number of anilines is 1. The molecule has 2 aromatic carbocycles. The molecule has 0 saturated heterocycles. The molecule has 0 bridgehead atoms. The second kappa shape index (κ2) is 6.01. The third kappa shape index (κ3) is 3.53. The topological polar surface area (TPSA) is 72.2 Å². The van der Waals surface area contributed by atoms with Gasteiger partial charge in [-0.3, -0.25) is 4.72 Å². The maximum atomic E-state index is 12.4. The van der Waals surface area contributed by atoms with Crippen LogP contribution < -0.4 is 10.5 Å². The Labute approximate surface area is 134 Å². The molecule has 0 amide bonds. The van der Waals surface area contributed by atoms with Crippen molar-refractivity contribution < 1.29 is 8.42 Å². The van der Waals surface area contributed by atoms with Crippen LogP contribution in [0.3, 0.4) is 0 Å². The van der Waals surface area contributed by atoms with Gasteiger partial charge in [-0.1, -0.05) is 36.0 Å². The van der Waals surface area contributed by atoms with E-state index in [1.807, 2.05) is 13.0 Å². The van der Waals surface area contributed by atoms with Crippen molar-refractivity contribution in [2.75, 3.05) is 4.72 Å². The molecule has 0 spiro atoms. The Balaban J connectivity index is 2.44. The first kappa shape index (κ1) is 15.8. The van der Waals surface area contributed by atoms with Crippen LogP contribution in [0.2, 0.25) is 5.02 Å². The first-order valence-electron chi connectivity index (χ1n) is 5.99. The highest BCUT2D eigenvalue weighted by molar-refractivity contribution is 7.92. The normalized spacial score (nSPS) is 11.1. The SMILES string of the molecule is Cc1cccc(NS(=O)(=O)c2ccc(Cl)cc2)c1C(N)=S. The standard InChI is InChI=1S/C14H13ClN2O2S2/c1-9-3-2-4-12(13(9)14(16)20)17-21(18,19)11-7-5-10(15)6-8-11/h2-8,17H,1H3,(H2,16,20). The minimum Gasteiger partial charge on any atom is -0.389 e. The van der Waals surface area contributed by atoms with Crippen LogP contribution in [0.4, 0.5) is 5.69 Å². The number of hydrogen-bond acceptors (Lipinski definition) is 3. The molecule has 2 aromatic rings. The van der Waals surface area contributed by atoms with E-state index >= 15 is 0 Å². The zero-order valence-corrected chi connectivity index (χ0v) is 13.5. The van der Waals surface area contributed by atoms with Crippen molar-refractivity contribution in [1.29, 1.82) is 0 Å². The number of hydrogen-bond donors (Lipinski definition) is 2. The second-order valence-corrected chi connectivity index (χ2v) is 6.98. The summed E-state index contributed by atoms with van der Waals surface area (Å²) in [5.41, 5.74) is 7.35. The third-order valence-electron chi connectivity index (χ3n) is 2.89. The monoisotopic (exact) mass is 340 g/mol. The summed E-state index contributed by atoms with van der Waals surface area (Å²) >= 11 is 10.7. The van der Waals surface area contributed by atoms with Crippen molar-refractivity contribution in [2.45, 2.75) is 11.8 Å². The number of nitrogens with one attached hydrogen (secondary N) is 1. The van der Waals surface area contributed by atoms with Gasteiger partial charge in [0.25, 0.3) is 10.0 Å². The average molecular weight is 341 g/mol. The van der Waals surface area contributed by atoms with Gasteiger partial charge in [-0.05, 0) is 42.8 Å². The van der Waals surface area contributed by atoms with Crippen LogP contribution in [0.5, 0.6) is 0 Å². The second-order valence-electron chi connectivity index (χ2n) is 4.42. The molecule has 3 N–H and O–H groups in total. The summed E-state index contributed by atoms with van der Waals surface area (Å²) in [6, 6.07) is 11.1. The molecule has 0 aliphatic rings. The number of halogens is 1. The van der Waals surface area contributed by atoms with Gasteiger partial charge in [-0.25, -0.2) is 8.42 Å². The zero-order valence-electron chi connectivity index (χ0n) is 11.1. The van der Waals surface area contributed by atoms with Gasteiger partial charge in [-0.15, -0.1) is 0 Å². The highest BCUT2D eigenvalue weighted by atomic mass is 35.5. The van der Waals surface area contributed by atoms with E-state index in [0.29, 0.717) is 16.3 Å². The largest absolute Gasteiger partial charge is 0.389 e. The predicted octanol–water partition coefficient (Wildman–Crippen LogP) is 3.08. The summed E-state index contributed by atoms with van der Waals surface area (Å²) < 4.78 is 27.2. The average Bonchev–Trinajstić information content (AvgIpc) is 2.38. The van der Waals surface area contributed by atoms with Crippen molar-refractivity contribution >= 4 is 44.5 Å². The third-order valence-corrected chi connectivity index (χ3v) is 4.72. The summed E-state index contributed by atoms with van der Waals surface area (Å²) in [6.07, 6.45) is 0. The molecule has 0 aromatic heterocycles. The number of nitrogens with two attached hydrogens (primary N) is 1. The van der Waals surface area contributed by atoms with Gasteiger partial charge in [0.05, 0.1) is 10.6 Å².